The molecule has 1 aromatic heterocycles. The van der Waals surface area contributed by atoms with E-state index in [1.807, 2.05) is 0 Å². The van der Waals surface area contributed by atoms with Gasteiger partial charge in [-0.15, -0.1) is 5.10 Å². The van der Waals surface area contributed by atoms with Crippen LogP contribution in [0.4, 0.5) is 5.95 Å². The van der Waals surface area contributed by atoms with Gasteiger partial charge < -0.3 is 10.2 Å². The van der Waals surface area contributed by atoms with Gasteiger partial charge in [-0.05, 0) is 31.9 Å². The minimum Gasteiger partial charge on any atom is -0.336 e. The summed E-state index contributed by atoms with van der Waals surface area (Å²) < 4.78 is 0. The van der Waals surface area contributed by atoms with E-state index in [1.165, 1.54) is 11.1 Å². The molecule has 2 unspecified atom stereocenters. The van der Waals surface area contributed by atoms with E-state index < -0.39 is 0 Å². The van der Waals surface area contributed by atoms with Crippen molar-refractivity contribution < 1.29 is 0 Å². The number of nitrogens with one attached hydrogen (secondary N) is 2. The molecule has 1 aliphatic rings. The SMILES string of the molecule is Cc1ccccc1Cc1nc(N2CC(C)NC(C)C2)n[nH]1. The molecule has 5 nitrogen and oxygen atoms in total. The van der Waals surface area contributed by atoms with Crippen molar-refractivity contribution >= 4 is 5.95 Å². The summed E-state index contributed by atoms with van der Waals surface area (Å²) in [7, 11) is 0. The maximum atomic E-state index is 4.67. The first-order valence-electron chi connectivity index (χ1n) is 7.58. The van der Waals surface area contributed by atoms with E-state index in [0.717, 1.165) is 31.3 Å². The molecule has 1 fully saturated rings. The molecule has 1 saturated heterocycles. The third kappa shape index (κ3) is 3.24. The highest BCUT2D eigenvalue weighted by Gasteiger charge is 2.23. The topological polar surface area (TPSA) is 56.8 Å². The summed E-state index contributed by atoms with van der Waals surface area (Å²) in [6.45, 7) is 8.43. The third-order valence-electron chi connectivity index (χ3n) is 3.98. The van der Waals surface area contributed by atoms with Crippen LogP contribution in [-0.4, -0.2) is 40.4 Å². The summed E-state index contributed by atoms with van der Waals surface area (Å²) >= 11 is 0. The lowest BCUT2D eigenvalue weighted by Crippen LogP contribution is -2.54. The third-order valence-corrected chi connectivity index (χ3v) is 3.98. The average Bonchev–Trinajstić information content (AvgIpc) is 2.89. The van der Waals surface area contributed by atoms with Crippen molar-refractivity contribution in [1.82, 2.24) is 20.5 Å². The van der Waals surface area contributed by atoms with Crippen LogP contribution in [0, 0.1) is 6.92 Å². The second-order valence-electron chi connectivity index (χ2n) is 6.06. The van der Waals surface area contributed by atoms with E-state index in [2.05, 4.69) is 70.4 Å². The van der Waals surface area contributed by atoms with E-state index in [-0.39, 0.29) is 0 Å². The lowest BCUT2D eigenvalue weighted by Gasteiger charge is -2.35. The number of hydrogen-bond acceptors (Lipinski definition) is 4. The monoisotopic (exact) mass is 285 g/mol. The molecule has 0 aliphatic carbocycles. The van der Waals surface area contributed by atoms with Crippen LogP contribution in [0.2, 0.25) is 0 Å². The number of rotatable bonds is 3. The van der Waals surface area contributed by atoms with Crippen LogP contribution < -0.4 is 10.2 Å². The molecule has 0 amide bonds. The smallest absolute Gasteiger partial charge is 0.244 e. The van der Waals surface area contributed by atoms with E-state index >= 15 is 0 Å². The first-order chi connectivity index (χ1) is 10.1. The summed E-state index contributed by atoms with van der Waals surface area (Å²) in [5, 5.41) is 11.0. The predicted molar refractivity (Wildman–Crippen MR) is 84.6 cm³/mol. The Labute approximate surface area is 125 Å². The van der Waals surface area contributed by atoms with Crippen molar-refractivity contribution in [3.63, 3.8) is 0 Å². The zero-order valence-electron chi connectivity index (χ0n) is 12.9. The van der Waals surface area contributed by atoms with Crippen LogP contribution in [0.1, 0.15) is 30.8 Å². The fraction of sp³-hybridized carbons (Fsp3) is 0.500. The van der Waals surface area contributed by atoms with Gasteiger partial charge in [-0.25, -0.2) is 0 Å². The zero-order valence-corrected chi connectivity index (χ0v) is 12.9. The fourth-order valence-electron chi connectivity index (χ4n) is 2.98. The minimum atomic E-state index is 0.465. The van der Waals surface area contributed by atoms with Crippen LogP contribution >= 0.6 is 0 Å². The van der Waals surface area contributed by atoms with E-state index in [9.17, 15) is 0 Å². The normalized spacial score (nSPS) is 22.5. The molecule has 2 aromatic rings. The molecule has 2 heterocycles. The van der Waals surface area contributed by atoms with Crippen molar-refractivity contribution in [2.75, 3.05) is 18.0 Å². The van der Waals surface area contributed by atoms with Gasteiger partial charge in [0, 0.05) is 31.6 Å². The molecule has 2 N–H and O–H groups in total. The summed E-state index contributed by atoms with van der Waals surface area (Å²) in [6.07, 6.45) is 0.802. The highest BCUT2D eigenvalue weighted by atomic mass is 15.4. The van der Waals surface area contributed by atoms with Crippen molar-refractivity contribution in [1.29, 1.82) is 0 Å². The number of aromatic amines is 1. The van der Waals surface area contributed by atoms with E-state index in [0.29, 0.717) is 12.1 Å². The average molecular weight is 285 g/mol. The Kier molecular flexibility index (Phi) is 3.92. The molecule has 1 aromatic carbocycles. The fourth-order valence-corrected chi connectivity index (χ4v) is 2.98. The maximum absolute atomic E-state index is 4.67. The van der Waals surface area contributed by atoms with Gasteiger partial charge in [0.15, 0.2) is 0 Å². The second kappa shape index (κ2) is 5.85. The lowest BCUT2D eigenvalue weighted by atomic mass is 10.1. The Morgan fingerprint density at radius 3 is 2.62 bits per heavy atom. The molecular weight excluding hydrogens is 262 g/mol. The van der Waals surface area contributed by atoms with Gasteiger partial charge in [-0.2, -0.15) is 4.98 Å². The van der Waals surface area contributed by atoms with Crippen molar-refractivity contribution in [2.45, 2.75) is 39.3 Å². The first kappa shape index (κ1) is 14.1. The van der Waals surface area contributed by atoms with Gasteiger partial charge in [0.2, 0.25) is 5.95 Å². The van der Waals surface area contributed by atoms with Crippen LogP contribution in [0.5, 0.6) is 0 Å². The zero-order chi connectivity index (χ0) is 14.8. The number of nitrogens with zero attached hydrogens (tertiary/aromatic N) is 3. The van der Waals surface area contributed by atoms with Crippen LogP contribution in [0.3, 0.4) is 0 Å². The molecule has 0 saturated carbocycles. The van der Waals surface area contributed by atoms with Gasteiger partial charge in [0.25, 0.3) is 0 Å². The molecule has 2 atom stereocenters. The van der Waals surface area contributed by atoms with E-state index in [1.54, 1.807) is 0 Å². The second-order valence-corrected chi connectivity index (χ2v) is 6.06. The van der Waals surface area contributed by atoms with Gasteiger partial charge in [0.1, 0.15) is 5.82 Å². The molecule has 5 heteroatoms. The molecule has 3 rings (SSSR count). The number of anilines is 1. The number of hydrogen-bond donors (Lipinski definition) is 2. The maximum Gasteiger partial charge on any atom is 0.244 e. The molecule has 0 spiro atoms. The number of aromatic nitrogens is 3. The number of aryl methyl sites for hydroxylation is 1. The lowest BCUT2D eigenvalue weighted by molar-refractivity contribution is 0.403. The quantitative estimate of drug-likeness (QED) is 0.904. The predicted octanol–water partition coefficient (Wildman–Crippen LogP) is 1.89. The highest BCUT2D eigenvalue weighted by molar-refractivity contribution is 5.33. The Morgan fingerprint density at radius 2 is 1.90 bits per heavy atom. The van der Waals surface area contributed by atoms with Crippen LogP contribution in [0.25, 0.3) is 0 Å². The standard InChI is InChI=1S/C16H23N5/c1-11-6-4-5-7-14(11)8-15-18-16(20-19-15)21-9-12(2)17-13(3)10-21/h4-7,12-13,17H,8-10H2,1-3H3,(H,18,19,20). The largest absolute Gasteiger partial charge is 0.336 e. The number of benzene rings is 1. The van der Waals surface area contributed by atoms with Gasteiger partial charge in [0.05, 0.1) is 0 Å². The molecule has 21 heavy (non-hydrogen) atoms. The Morgan fingerprint density at radius 1 is 1.19 bits per heavy atom. The molecular formula is C16H23N5. The molecule has 0 radical (unpaired) electrons. The summed E-state index contributed by atoms with van der Waals surface area (Å²) in [4.78, 5) is 6.92. The molecule has 0 bridgehead atoms. The molecule has 1 aliphatic heterocycles. The highest BCUT2D eigenvalue weighted by Crippen LogP contribution is 2.15. The van der Waals surface area contributed by atoms with Gasteiger partial charge in [-0.3, -0.25) is 5.10 Å². The Bertz CT molecular complexity index is 596. The van der Waals surface area contributed by atoms with Crippen LogP contribution in [0.15, 0.2) is 24.3 Å². The van der Waals surface area contributed by atoms with E-state index in [4.69, 9.17) is 0 Å². The minimum absolute atomic E-state index is 0.465. The Hall–Kier alpha value is -1.88. The van der Waals surface area contributed by atoms with Crippen molar-refractivity contribution in [3.8, 4) is 0 Å². The Balaban J connectivity index is 1.73. The van der Waals surface area contributed by atoms with Crippen molar-refractivity contribution in [3.05, 3.63) is 41.2 Å². The summed E-state index contributed by atoms with van der Waals surface area (Å²) in [5.41, 5.74) is 2.59. The van der Waals surface area contributed by atoms with Gasteiger partial charge >= 0.3 is 0 Å². The summed E-state index contributed by atoms with van der Waals surface area (Å²) in [6, 6.07) is 9.34. The number of H-pyrrole nitrogens is 1. The first-order valence-corrected chi connectivity index (χ1v) is 7.58. The van der Waals surface area contributed by atoms with Gasteiger partial charge in [-0.1, -0.05) is 24.3 Å². The summed E-state index contributed by atoms with van der Waals surface area (Å²) in [5.74, 6) is 1.75. The number of piperazine rings is 1. The van der Waals surface area contributed by atoms with Crippen LogP contribution in [-0.2, 0) is 6.42 Å². The molecule has 112 valence electrons. The van der Waals surface area contributed by atoms with Crippen molar-refractivity contribution in [2.24, 2.45) is 0 Å².